The molecule has 0 spiro atoms. The molecule has 0 aliphatic rings. The van der Waals surface area contributed by atoms with Crippen molar-refractivity contribution in [2.75, 3.05) is 0 Å². The Morgan fingerprint density at radius 1 is 1.43 bits per heavy atom. The Bertz CT molecular complexity index is 650. The number of hydrogen-bond donors (Lipinski definition) is 3. The van der Waals surface area contributed by atoms with Gasteiger partial charge in [-0.15, -0.1) is 11.3 Å². The summed E-state index contributed by atoms with van der Waals surface area (Å²) < 4.78 is 0. The van der Waals surface area contributed by atoms with E-state index in [1.54, 1.807) is 12.3 Å². The van der Waals surface area contributed by atoms with Crippen LogP contribution in [-0.4, -0.2) is 26.9 Å². The largest absolute Gasteiger partial charge is 0.409 e. The lowest BCUT2D eigenvalue weighted by atomic mass is 10.1. The van der Waals surface area contributed by atoms with Crippen LogP contribution in [0.2, 0.25) is 0 Å². The van der Waals surface area contributed by atoms with Crippen LogP contribution in [0.4, 0.5) is 0 Å². The van der Waals surface area contributed by atoms with Crippen LogP contribution in [0.5, 0.6) is 0 Å². The van der Waals surface area contributed by atoms with Gasteiger partial charge in [0.15, 0.2) is 5.84 Å². The highest BCUT2D eigenvalue weighted by Crippen LogP contribution is 2.22. The van der Waals surface area contributed by atoms with E-state index in [1.807, 2.05) is 19.2 Å². The second kappa shape index (κ2) is 5.88. The van der Waals surface area contributed by atoms with Gasteiger partial charge in [0.25, 0.3) is 5.91 Å². The summed E-state index contributed by atoms with van der Waals surface area (Å²) in [6.45, 7) is 3.74. The molecule has 2 heterocycles. The molecule has 0 aliphatic heterocycles. The quantitative estimate of drug-likeness (QED) is 0.341. The third kappa shape index (κ3) is 3.34. The summed E-state index contributed by atoms with van der Waals surface area (Å²) >= 11 is 1.47. The van der Waals surface area contributed by atoms with Gasteiger partial charge in [0.1, 0.15) is 10.7 Å². The number of rotatable bonds is 4. The van der Waals surface area contributed by atoms with Gasteiger partial charge < -0.3 is 16.3 Å². The van der Waals surface area contributed by atoms with Crippen molar-refractivity contribution in [3.63, 3.8) is 0 Å². The molecule has 1 amide bonds. The van der Waals surface area contributed by atoms with E-state index in [0.717, 1.165) is 5.01 Å². The number of nitrogens with one attached hydrogen (secondary N) is 1. The number of carbonyl (C=O) groups is 1. The zero-order valence-corrected chi connectivity index (χ0v) is 12.4. The molecule has 110 valence electrons. The van der Waals surface area contributed by atoms with E-state index in [-0.39, 0.29) is 17.4 Å². The van der Waals surface area contributed by atoms with Gasteiger partial charge in [-0.2, -0.15) is 0 Å². The maximum absolute atomic E-state index is 12.2. The highest BCUT2D eigenvalue weighted by molar-refractivity contribution is 7.09. The summed E-state index contributed by atoms with van der Waals surface area (Å²) in [7, 11) is 0. The molecule has 0 bridgehead atoms. The highest BCUT2D eigenvalue weighted by Gasteiger charge is 2.26. The number of amidine groups is 1. The zero-order valence-electron chi connectivity index (χ0n) is 11.6. The van der Waals surface area contributed by atoms with Gasteiger partial charge in [0.05, 0.1) is 5.54 Å². The normalized spacial score (nSPS) is 12.2. The Kier molecular flexibility index (Phi) is 4.18. The lowest BCUT2D eigenvalue weighted by Gasteiger charge is -2.23. The van der Waals surface area contributed by atoms with Gasteiger partial charge in [-0.3, -0.25) is 9.78 Å². The molecule has 0 fully saturated rings. The fourth-order valence-corrected chi connectivity index (χ4v) is 2.39. The summed E-state index contributed by atoms with van der Waals surface area (Å²) in [6, 6.07) is 3.08. The van der Waals surface area contributed by atoms with Gasteiger partial charge in [-0.25, -0.2) is 4.98 Å². The van der Waals surface area contributed by atoms with Crippen molar-refractivity contribution in [1.82, 2.24) is 15.3 Å². The topological polar surface area (TPSA) is 113 Å². The third-order valence-electron chi connectivity index (χ3n) is 2.79. The molecule has 2 aromatic rings. The summed E-state index contributed by atoms with van der Waals surface area (Å²) in [5, 5.41) is 17.0. The second-order valence-corrected chi connectivity index (χ2v) is 5.73. The van der Waals surface area contributed by atoms with Crippen molar-refractivity contribution in [2.24, 2.45) is 10.9 Å². The number of hydrogen-bond acceptors (Lipinski definition) is 6. The van der Waals surface area contributed by atoms with Crippen molar-refractivity contribution in [1.29, 1.82) is 0 Å². The fourth-order valence-electron chi connectivity index (χ4n) is 1.67. The molecule has 0 unspecified atom stereocenters. The molecule has 4 N–H and O–H groups in total. The molecule has 0 saturated heterocycles. The first kappa shape index (κ1) is 14.9. The van der Waals surface area contributed by atoms with Crippen LogP contribution in [0.15, 0.2) is 35.1 Å². The minimum Gasteiger partial charge on any atom is -0.409 e. The van der Waals surface area contributed by atoms with Crippen molar-refractivity contribution < 1.29 is 10.0 Å². The van der Waals surface area contributed by atoms with E-state index >= 15 is 0 Å². The van der Waals surface area contributed by atoms with Crippen LogP contribution in [0, 0.1) is 0 Å². The van der Waals surface area contributed by atoms with Crippen molar-refractivity contribution in [2.45, 2.75) is 19.4 Å². The summed E-state index contributed by atoms with van der Waals surface area (Å²) in [5.74, 6) is -0.376. The van der Waals surface area contributed by atoms with Crippen LogP contribution in [-0.2, 0) is 5.54 Å². The maximum atomic E-state index is 12.2. The average molecular weight is 305 g/mol. The van der Waals surface area contributed by atoms with Gasteiger partial charge >= 0.3 is 0 Å². The van der Waals surface area contributed by atoms with E-state index in [2.05, 4.69) is 20.4 Å². The van der Waals surface area contributed by atoms with Gasteiger partial charge in [0, 0.05) is 23.3 Å². The predicted octanol–water partition coefficient (Wildman–Crippen LogP) is 1.30. The lowest BCUT2D eigenvalue weighted by Crippen LogP contribution is -2.41. The van der Waals surface area contributed by atoms with E-state index < -0.39 is 5.54 Å². The van der Waals surface area contributed by atoms with E-state index in [0.29, 0.717) is 5.56 Å². The Morgan fingerprint density at radius 2 is 2.19 bits per heavy atom. The number of nitrogens with two attached hydrogens (primary N) is 1. The molecule has 7 nitrogen and oxygen atoms in total. The minimum atomic E-state index is -0.586. The molecule has 8 heteroatoms. The lowest BCUT2D eigenvalue weighted by molar-refractivity contribution is 0.0907. The molecule has 2 rings (SSSR count). The first-order chi connectivity index (χ1) is 9.94. The number of aromatic nitrogens is 2. The Labute approximate surface area is 125 Å². The Morgan fingerprint density at radius 3 is 2.71 bits per heavy atom. The Balaban J connectivity index is 2.14. The molecule has 0 radical (unpaired) electrons. The SMILES string of the molecule is CC(C)(NC(=O)c1ccc(/C(N)=N/O)cn1)c1nccs1. The number of thiazole rings is 1. The number of nitrogens with zero attached hydrogens (tertiary/aromatic N) is 3. The molecule has 2 aromatic heterocycles. The molecular weight excluding hydrogens is 290 g/mol. The molecule has 21 heavy (non-hydrogen) atoms. The molecule has 0 atom stereocenters. The molecule has 0 aromatic carbocycles. The first-order valence-corrected chi connectivity index (χ1v) is 6.98. The van der Waals surface area contributed by atoms with Crippen LogP contribution < -0.4 is 11.1 Å². The van der Waals surface area contributed by atoms with Crippen LogP contribution >= 0.6 is 11.3 Å². The number of pyridine rings is 1. The minimum absolute atomic E-state index is 0.0578. The maximum Gasteiger partial charge on any atom is 0.270 e. The molecular formula is C13H15N5O2S. The van der Waals surface area contributed by atoms with E-state index in [4.69, 9.17) is 10.9 Å². The Hall–Kier alpha value is -2.48. The van der Waals surface area contributed by atoms with Gasteiger partial charge in [-0.05, 0) is 26.0 Å². The van der Waals surface area contributed by atoms with Crippen LogP contribution in [0.25, 0.3) is 0 Å². The van der Waals surface area contributed by atoms with E-state index in [1.165, 1.54) is 23.6 Å². The number of amides is 1. The summed E-state index contributed by atoms with van der Waals surface area (Å²) in [4.78, 5) is 20.4. The number of oxime groups is 1. The summed E-state index contributed by atoms with van der Waals surface area (Å²) in [5.41, 5.74) is 5.54. The van der Waals surface area contributed by atoms with Crippen molar-refractivity contribution in [3.05, 3.63) is 46.2 Å². The van der Waals surface area contributed by atoms with Crippen LogP contribution in [0.1, 0.15) is 34.9 Å². The van der Waals surface area contributed by atoms with E-state index in [9.17, 15) is 4.79 Å². The third-order valence-corrected chi connectivity index (χ3v) is 3.89. The zero-order chi connectivity index (χ0) is 15.5. The highest BCUT2D eigenvalue weighted by atomic mass is 32.1. The first-order valence-electron chi connectivity index (χ1n) is 6.10. The van der Waals surface area contributed by atoms with Gasteiger partial charge in [-0.1, -0.05) is 5.16 Å². The monoisotopic (exact) mass is 305 g/mol. The van der Waals surface area contributed by atoms with Crippen LogP contribution in [0.3, 0.4) is 0 Å². The van der Waals surface area contributed by atoms with Crippen molar-refractivity contribution >= 4 is 23.1 Å². The molecule has 0 saturated carbocycles. The van der Waals surface area contributed by atoms with Crippen molar-refractivity contribution in [3.8, 4) is 0 Å². The average Bonchev–Trinajstić information content (AvgIpc) is 3.01. The number of carbonyl (C=O) groups excluding carboxylic acids is 1. The van der Waals surface area contributed by atoms with Gasteiger partial charge in [0.2, 0.25) is 0 Å². The fraction of sp³-hybridized carbons (Fsp3) is 0.231. The smallest absolute Gasteiger partial charge is 0.270 e. The second-order valence-electron chi connectivity index (χ2n) is 4.83. The standard InChI is InChI=1S/C13H15N5O2S/c1-13(2,12-15-5-6-21-12)17-11(19)9-4-3-8(7-16-9)10(14)18-20/h3-7,20H,1-2H3,(H2,14,18)(H,17,19). The predicted molar refractivity (Wildman–Crippen MR) is 79.4 cm³/mol. The molecule has 0 aliphatic carbocycles. The summed E-state index contributed by atoms with van der Waals surface area (Å²) in [6.07, 6.45) is 3.07.